The van der Waals surface area contributed by atoms with Crippen molar-refractivity contribution in [2.45, 2.75) is 19.9 Å². The predicted molar refractivity (Wildman–Crippen MR) is 77.9 cm³/mol. The normalized spacial score (nSPS) is 13.8. The van der Waals surface area contributed by atoms with E-state index in [2.05, 4.69) is 15.5 Å². The molecule has 0 aliphatic heterocycles. The second kappa shape index (κ2) is 5.83. The SMILES string of the molecule is CC(N)C(C)C(=O)Nc1cccc(-c2nncn2C)c1. The van der Waals surface area contributed by atoms with Crippen LogP contribution in [0.4, 0.5) is 5.69 Å². The fourth-order valence-electron chi connectivity index (χ4n) is 1.78. The summed E-state index contributed by atoms with van der Waals surface area (Å²) in [6, 6.07) is 7.32. The van der Waals surface area contributed by atoms with Crippen LogP contribution in [0.15, 0.2) is 30.6 Å². The summed E-state index contributed by atoms with van der Waals surface area (Å²) < 4.78 is 1.82. The molecule has 0 saturated carbocycles. The highest BCUT2D eigenvalue weighted by Gasteiger charge is 2.17. The standard InChI is InChI=1S/C14H19N5O/c1-9(10(2)15)14(20)17-12-6-4-5-11(7-12)13-18-16-8-19(13)3/h4-10H,15H2,1-3H3,(H,17,20). The molecule has 20 heavy (non-hydrogen) atoms. The van der Waals surface area contributed by atoms with Crippen LogP contribution in [0.1, 0.15) is 13.8 Å². The van der Waals surface area contributed by atoms with Gasteiger partial charge >= 0.3 is 0 Å². The van der Waals surface area contributed by atoms with E-state index in [1.165, 1.54) is 0 Å². The number of nitrogens with one attached hydrogen (secondary N) is 1. The molecule has 6 heteroatoms. The summed E-state index contributed by atoms with van der Waals surface area (Å²) in [5.41, 5.74) is 7.36. The van der Waals surface area contributed by atoms with E-state index in [0.29, 0.717) is 0 Å². The van der Waals surface area contributed by atoms with Gasteiger partial charge in [0.05, 0.1) is 5.92 Å². The quantitative estimate of drug-likeness (QED) is 0.881. The van der Waals surface area contributed by atoms with Gasteiger partial charge < -0.3 is 15.6 Å². The topological polar surface area (TPSA) is 85.8 Å². The average molecular weight is 273 g/mol. The van der Waals surface area contributed by atoms with E-state index in [-0.39, 0.29) is 17.9 Å². The first-order valence-corrected chi connectivity index (χ1v) is 6.50. The highest BCUT2D eigenvalue weighted by atomic mass is 16.1. The van der Waals surface area contributed by atoms with Crippen molar-refractivity contribution >= 4 is 11.6 Å². The zero-order valence-electron chi connectivity index (χ0n) is 11.9. The Morgan fingerprint density at radius 3 is 2.75 bits per heavy atom. The lowest BCUT2D eigenvalue weighted by molar-refractivity contribution is -0.119. The van der Waals surface area contributed by atoms with Crippen molar-refractivity contribution in [1.29, 1.82) is 0 Å². The Balaban J connectivity index is 2.19. The number of hydrogen-bond donors (Lipinski definition) is 2. The fourth-order valence-corrected chi connectivity index (χ4v) is 1.78. The van der Waals surface area contributed by atoms with E-state index in [4.69, 9.17) is 5.73 Å². The van der Waals surface area contributed by atoms with Crippen molar-refractivity contribution in [3.05, 3.63) is 30.6 Å². The van der Waals surface area contributed by atoms with Crippen molar-refractivity contribution in [1.82, 2.24) is 14.8 Å². The third-order valence-electron chi connectivity index (χ3n) is 3.30. The second-order valence-electron chi connectivity index (χ2n) is 4.98. The van der Waals surface area contributed by atoms with Gasteiger partial charge in [0.25, 0.3) is 0 Å². The summed E-state index contributed by atoms with van der Waals surface area (Å²) in [6.45, 7) is 3.63. The van der Waals surface area contributed by atoms with Crippen LogP contribution in [0.2, 0.25) is 0 Å². The molecular formula is C14H19N5O. The summed E-state index contributed by atoms with van der Waals surface area (Å²) in [5.74, 6) is 0.421. The van der Waals surface area contributed by atoms with Gasteiger partial charge in [0.15, 0.2) is 5.82 Å². The Bertz CT molecular complexity index is 605. The Kier molecular flexibility index (Phi) is 4.14. The lowest BCUT2D eigenvalue weighted by atomic mass is 10.0. The van der Waals surface area contributed by atoms with E-state index in [9.17, 15) is 4.79 Å². The summed E-state index contributed by atoms with van der Waals surface area (Å²) >= 11 is 0. The smallest absolute Gasteiger partial charge is 0.228 e. The predicted octanol–water partition coefficient (Wildman–Crippen LogP) is 1.40. The van der Waals surface area contributed by atoms with Crippen LogP contribution >= 0.6 is 0 Å². The van der Waals surface area contributed by atoms with Crippen LogP contribution in [0.25, 0.3) is 11.4 Å². The lowest BCUT2D eigenvalue weighted by Gasteiger charge is -2.15. The highest BCUT2D eigenvalue weighted by Crippen LogP contribution is 2.20. The van der Waals surface area contributed by atoms with Crippen LogP contribution < -0.4 is 11.1 Å². The number of hydrogen-bond acceptors (Lipinski definition) is 4. The molecule has 0 fully saturated rings. The molecule has 1 aromatic heterocycles. The molecule has 1 amide bonds. The molecule has 1 heterocycles. The third kappa shape index (κ3) is 3.03. The third-order valence-corrected chi connectivity index (χ3v) is 3.30. The molecule has 1 aromatic carbocycles. The van der Waals surface area contributed by atoms with E-state index >= 15 is 0 Å². The molecule has 0 radical (unpaired) electrons. The van der Waals surface area contributed by atoms with E-state index in [1.807, 2.05) is 49.7 Å². The molecule has 106 valence electrons. The maximum Gasteiger partial charge on any atom is 0.228 e. The number of aryl methyl sites for hydroxylation is 1. The zero-order chi connectivity index (χ0) is 14.7. The number of carbonyl (C=O) groups is 1. The Morgan fingerprint density at radius 2 is 2.15 bits per heavy atom. The minimum atomic E-state index is -0.242. The maximum atomic E-state index is 12.0. The summed E-state index contributed by atoms with van der Waals surface area (Å²) in [7, 11) is 1.87. The monoisotopic (exact) mass is 273 g/mol. The summed E-state index contributed by atoms with van der Waals surface area (Å²) in [6.07, 6.45) is 1.64. The van der Waals surface area contributed by atoms with Crippen molar-refractivity contribution < 1.29 is 4.79 Å². The van der Waals surface area contributed by atoms with Gasteiger partial charge in [-0.3, -0.25) is 4.79 Å². The minimum absolute atomic E-state index is 0.0879. The number of anilines is 1. The van der Waals surface area contributed by atoms with Gasteiger partial charge in [0.1, 0.15) is 6.33 Å². The molecule has 0 bridgehead atoms. The van der Waals surface area contributed by atoms with Crippen molar-refractivity contribution in [2.75, 3.05) is 5.32 Å². The molecule has 2 rings (SSSR count). The van der Waals surface area contributed by atoms with Gasteiger partial charge in [-0.25, -0.2) is 0 Å². The Hall–Kier alpha value is -2.21. The zero-order valence-corrected chi connectivity index (χ0v) is 11.9. The highest BCUT2D eigenvalue weighted by molar-refractivity contribution is 5.93. The first kappa shape index (κ1) is 14.2. The Morgan fingerprint density at radius 1 is 1.40 bits per heavy atom. The number of nitrogens with two attached hydrogens (primary N) is 1. The molecule has 6 nitrogen and oxygen atoms in total. The van der Waals surface area contributed by atoms with Crippen LogP contribution in [0.5, 0.6) is 0 Å². The molecule has 0 aliphatic rings. The molecule has 0 saturated heterocycles. The lowest BCUT2D eigenvalue weighted by Crippen LogP contribution is -2.34. The van der Waals surface area contributed by atoms with Gasteiger partial charge in [-0.2, -0.15) is 0 Å². The number of amides is 1. The number of aromatic nitrogens is 3. The molecule has 2 unspecified atom stereocenters. The number of rotatable bonds is 4. The van der Waals surface area contributed by atoms with Crippen LogP contribution in [0, 0.1) is 5.92 Å². The first-order chi connectivity index (χ1) is 9.49. The summed E-state index contributed by atoms with van der Waals surface area (Å²) in [5, 5.41) is 10.8. The van der Waals surface area contributed by atoms with E-state index in [1.54, 1.807) is 6.33 Å². The van der Waals surface area contributed by atoms with Crippen molar-refractivity contribution in [2.24, 2.45) is 18.7 Å². The van der Waals surface area contributed by atoms with Gasteiger partial charge in [0.2, 0.25) is 5.91 Å². The van der Waals surface area contributed by atoms with E-state index in [0.717, 1.165) is 17.1 Å². The molecule has 0 aliphatic carbocycles. The van der Waals surface area contributed by atoms with Gasteiger partial charge in [0, 0.05) is 24.3 Å². The first-order valence-electron chi connectivity index (χ1n) is 6.50. The van der Waals surface area contributed by atoms with Crippen molar-refractivity contribution in [3.63, 3.8) is 0 Å². The fraction of sp³-hybridized carbons (Fsp3) is 0.357. The van der Waals surface area contributed by atoms with Crippen LogP contribution in [-0.2, 0) is 11.8 Å². The summed E-state index contributed by atoms with van der Waals surface area (Å²) in [4.78, 5) is 12.0. The largest absolute Gasteiger partial charge is 0.327 e. The van der Waals surface area contributed by atoms with E-state index < -0.39 is 0 Å². The average Bonchev–Trinajstić information content (AvgIpc) is 2.84. The van der Waals surface area contributed by atoms with Gasteiger partial charge in [-0.15, -0.1) is 10.2 Å². The maximum absolute atomic E-state index is 12.0. The van der Waals surface area contributed by atoms with Crippen LogP contribution in [-0.4, -0.2) is 26.7 Å². The van der Waals surface area contributed by atoms with Crippen molar-refractivity contribution in [3.8, 4) is 11.4 Å². The number of carbonyl (C=O) groups excluding carboxylic acids is 1. The minimum Gasteiger partial charge on any atom is -0.327 e. The van der Waals surface area contributed by atoms with Gasteiger partial charge in [-0.05, 0) is 19.1 Å². The number of nitrogens with zero attached hydrogens (tertiary/aromatic N) is 3. The molecule has 2 aromatic rings. The molecular weight excluding hydrogens is 254 g/mol. The molecule has 3 N–H and O–H groups in total. The molecule has 0 spiro atoms. The second-order valence-corrected chi connectivity index (χ2v) is 4.98. The molecule has 2 atom stereocenters. The van der Waals surface area contributed by atoms with Gasteiger partial charge in [-0.1, -0.05) is 19.1 Å². The Labute approximate surface area is 118 Å². The number of benzene rings is 1. The van der Waals surface area contributed by atoms with Crippen LogP contribution in [0.3, 0.4) is 0 Å².